The van der Waals surface area contributed by atoms with Gasteiger partial charge in [0, 0.05) is 11.4 Å². The normalized spacial score (nSPS) is 10.9. The van der Waals surface area contributed by atoms with Crippen LogP contribution in [-0.4, -0.2) is 11.1 Å². The first-order valence-electron chi connectivity index (χ1n) is 7.88. The van der Waals surface area contributed by atoms with Crippen molar-refractivity contribution in [1.29, 1.82) is 0 Å². The summed E-state index contributed by atoms with van der Waals surface area (Å²) >= 11 is 0. The van der Waals surface area contributed by atoms with E-state index in [0.717, 1.165) is 16.8 Å². The zero-order valence-electron chi connectivity index (χ0n) is 14.1. The lowest BCUT2D eigenvalue weighted by molar-refractivity contribution is 0.262. The van der Waals surface area contributed by atoms with E-state index in [4.69, 9.17) is 0 Å². The number of benzene rings is 2. The molecule has 2 amide bonds. The summed E-state index contributed by atoms with van der Waals surface area (Å²) in [7, 11) is 0. The first-order chi connectivity index (χ1) is 10.9. The Kier molecular flexibility index (Phi) is 5.27. The Balaban J connectivity index is 2.23. The molecule has 0 fully saturated rings. The number of nitrogens with one attached hydrogen (secondary N) is 2. The maximum Gasteiger partial charge on any atom is 0.323 e. The lowest BCUT2D eigenvalue weighted by Gasteiger charge is -2.18. The molecule has 0 aliphatic rings. The highest BCUT2D eigenvalue weighted by atomic mass is 16.3. The van der Waals surface area contributed by atoms with Crippen molar-refractivity contribution in [3.8, 4) is 5.75 Å². The van der Waals surface area contributed by atoms with Crippen LogP contribution in [0.25, 0.3) is 0 Å². The van der Waals surface area contributed by atoms with Crippen LogP contribution in [0.5, 0.6) is 5.75 Å². The Morgan fingerprint density at radius 1 is 0.870 bits per heavy atom. The number of rotatable bonds is 4. The minimum absolute atomic E-state index is 0.173. The Labute approximate surface area is 137 Å². The van der Waals surface area contributed by atoms with Gasteiger partial charge < -0.3 is 15.7 Å². The van der Waals surface area contributed by atoms with E-state index in [2.05, 4.69) is 10.6 Å². The number of hydrogen-bond acceptors (Lipinski definition) is 2. The van der Waals surface area contributed by atoms with Gasteiger partial charge in [-0.2, -0.15) is 0 Å². The van der Waals surface area contributed by atoms with Gasteiger partial charge in [-0.05, 0) is 47.2 Å². The highest BCUT2D eigenvalue weighted by Gasteiger charge is 2.16. The summed E-state index contributed by atoms with van der Waals surface area (Å²) in [6.07, 6.45) is 0. The van der Waals surface area contributed by atoms with Crippen LogP contribution in [0, 0.1) is 0 Å². The van der Waals surface area contributed by atoms with Crippen LogP contribution in [0.3, 0.4) is 0 Å². The van der Waals surface area contributed by atoms with Gasteiger partial charge >= 0.3 is 6.03 Å². The number of urea groups is 1. The Hall–Kier alpha value is -2.49. The van der Waals surface area contributed by atoms with Crippen LogP contribution in [0.15, 0.2) is 42.5 Å². The zero-order chi connectivity index (χ0) is 17.0. The summed E-state index contributed by atoms with van der Waals surface area (Å²) in [5, 5.41) is 16.0. The van der Waals surface area contributed by atoms with Crippen LogP contribution in [0.4, 0.5) is 16.2 Å². The molecule has 4 heteroatoms. The second-order valence-corrected chi connectivity index (χ2v) is 6.26. The molecule has 0 radical (unpaired) electrons. The van der Waals surface area contributed by atoms with Crippen LogP contribution < -0.4 is 10.6 Å². The van der Waals surface area contributed by atoms with Crippen molar-refractivity contribution in [2.24, 2.45) is 0 Å². The van der Waals surface area contributed by atoms with Gasteiger partial charge in [0.1, 0.15) is 5.75 Å². The number of para-hydroxylation sites is 1. The molecule has 0 atom stereocenters. The fourth-order valence-electron chi connectivity index (χ4n) is 2.45. The molecular formula is C19H24N2O2. The smallest absolute Gasteiger partial charge is 0.323 e. The number of anilines is 2. The quantitative estimate of drug-likeness (QED) is 0.672. The maximum atomic E-state index is 12.1. The average Bonchev–Trinajstić information content (AvgIpc) is 2.49. The Morgan fingerprint density at radius 3 is 1.83 bits per heavy atom. The molecule has 0 saturated heterocycles. The van der Waals surface area contributed by atoms with Crippen LogP contribution >= 0.6 is 0 Å². The molecule has 122 valence electrons. The van der Waals surface area contributed by atoms with E-state index in [-0.39, 0.29) is 17.9 Å². The van der Waals surface area contributed by atoms with Gasteiger partial charge in [0.25, 0.3) is 0 Å². The number of phenolic OH excluding ortho intramolecular Hbond substituents is 1. The SMILES string of the molecule is CC(C)c1cc(NC(=O)Nc2ccccc2)cc(C(C)C)c1O. The van der Waals surface area contributed by atoms with E-state index < -0.39 is 0 Å². The molecule has 2 rings (SSSR count). The summed E-state index contributed by atoms with van der Waals surface area (Å²) in [6, 6.07) is 12.6. The van der Waals surface area contributed by atoms with Crippen molar-refractivity contribution < 1.29 is 9.90 Å². The third-order valence-electron chi connectivity index (χ3n) is 3.70. The predicted octanol–water partition coefficient (Wildman–Crippen LogP) is 5.28. The number of amides is 2. The topological polar surface area (TPSA) is 61.4 Å². The van der Waals surface area contributed by atoms with Crippen LogP contribution in [0.1, 0.15) is 50.7 Å². The summed E-state index contributed by atoms with van der Waals surface area (Å²) in [5.41, 5.74) is 3.10. The number of carbonyl (C=O) groups is 1. The van der Waals surface area contributed by atoms with E-state index in [0.29, 0.717) is 11.4 Å². The summed E-state index contributed by atoms with van der Waals surface area (Å²) < 4.78 is 0. The maximum absolute atomic E-state index is 12.1. The fraction of sp³-hybridized carbons (Fsp3) is 0.316. The lowest BCUT2D eigenvalue weighted by Crippen LogP contribution is -2.19. The van der Waals surface area contributed by atoms with Crippen molar-refractivity contribution in [1.82, 2.24) is 0 Å². The standard InChI is InChI=1S/C19H24N2O2/c1-12(2)16-10-15(11-17(13(3)4)18(16)22)21-19(23)20-14-8-6-5-7-9-14/h5-13,22H,1-4H3,(H2,20,21,23). The van der Waals surface area contributed by atoms with Crippen molar-refractivity contribution in [2.75, 3.05) is 10.6 Å². The minimum atomic E-state index is -0.300. The summed E-state index contributed by atoms with van der Waals surface area (Å²) in [4.78, 5) is 12.1. The Bertz CT molecular complexity index is 650. The first kappa shape index (κ1) is 16.9. The highest BCUT2D eigenvalue weighted by Crippen LogP contribution is 2.36. The molecule has 3 N–H and O–H groups in total. The fourth-order valence-corrected chi connectivity index (χ4v) is 2.45. The molecule has 0 unspecified atom stereocenters. The predicted molar refractivity (Wildman–Crippen MR) is 95.4 cm³/mol. The molecular weight excluding hydrogens is 288 g/mol. The van der Waals surface area contributed by atoms with Gasteiger partial charge in [-0.1, -0.05) is 45.9 Å². The van der Waals surface area contributed by atoms with E-state index >= 15 is 0 Å². The van der Waals surface area contributed by atoms with E-state index in [1.54, 1.807) is 0 Å². The van der Waals surface area contributed by atoms with E-state index in [1.807, 2.05) is 70.2 Å². The number of carbonyl (C=O) groups excluding carboxylic acids is 1. The highest BCUT2D eigenvalue weighted by molar-refractivity contribution is 5.99. The van der Waals surface area contributed by atoms with Gasteiger partial charge in [0.2, 0.25) is 0 Å². The number of aromatic hydroxyl groups is 1. The molecule has 0 spiro atoms. The molecule has 0 aliphatic heterocycles. The van der Waals surface area contributed by atoms with Gasteiger partial charge in [-0.3, -0.25) is 0 Å². The molecule has 23 heavy (non-hydrogen) atoms. The zero-order valence-corrected chi connectivity index (χ0v) is 14.1. The number of phenols is 1. The second-order valence-electron chi connectivity index (χ2n) is 6.26. The van der Waals surface area contributed by atoms with Crippen molar-refractivity contribution in [3.63, 3.8) is 0 Å². The molecule has 0 heterocycles. The van der Waals surface area contributed by atoms with Gasteiger partial charge in [-0.25, -0.2) is 4.79 Å². The van der Waals surface area contributed by atoms with Gasteiger partial charge in [0.05, 0.1) is 0 Å². The minimum Gasteiger partial charge on any atom is -0.507 e. The third-order valence-corrected chi connectivity index (χ3v) is 3.70. The number of hydrogen-bond donors (Lipinski definition) is 3. The van der Waals surface area contributed by atoms with E-state index in [1.165, 1.54) is 0 Å². The van der Waals surface area contributed by atoms with Crippen molar-refractivity contribution >= 4 is 17.4 Å². The van der Waals surface area contributed by atoms with Gasteiger partial charge in [-0.15, -0.1) is 0 Å². The van der Waals surface area contributed by atoms with Crippen molar-refractivity contribution in [2.45, 2.75) is 39.5 Å². The monoisotopic (exact) mass is 312 g/mol. The first-order valence-corrected chi connectivity index (χ1v) is 7.88. The Morgan fingerprint density at radius 2 is 1.35 bits per heavy atom. The molecule has 0 bridgehead atoms. The largest absolute Gasteiger partial charge is 0.507 e. The molecule has 4 nitrogen and oxygen atoms in total. The molecule has 2 aromatic rings. The van der Waals surface area contributed by atoms with Crippen molar-refractivity contribution in [3.05, 3.63) is 53.6 Å². The molecule has 2 aromatic carbocycles. The second kappa shape index (κ2) is 7.18. The lowest BCUT2D eigenvalue weighted by atomic mass is 9.93. The van der Waals surface area contributed by atoms with E-state index in [9.17, 15) is 9.90 Å². The summed E-state index contributed by atoms with van der Waals surface area (Å²) in [6.45, 7) is 8.08. The molecule has 0 saturated carbocycles. The summed E-state index contributed by atoms with van der Waals surface area (Å²) in [5.74, 6) is 0.668. The third kappa shape index (κ3) is 4.25. The van der Waals surface area contributed by atoms with Crippen LogP contribution in [-0.2, 0) is 0 Å². The average molecular weight is 312 g/mol. The van der Waals surface area contributed by atoms with Gasteiger partial charge in [0.15, 0.2) is 0 Å². The molecule has 0 aliphatic carbocycles. The van der Waals surface area contributed by atoms with Crippen LogP contribution in [0.2, 0.25) is 0 Å². The molecule has 0 aromatic heterocycles.